The van der Waals surface area contributed by atoms with E-state index in [1.807, 2.05) is 6.92 Å². The number of Topliss-reactive ketones (excluding diaryl/α,β-unsaturated/α-hetero) is 1. The summed E-state index contributed by atoms with van der Waals surface area (Å²) in [7, 11) is 1.58. The Labute approximate surface area is 106 Å². The van der Waals surface area contributed by atoms with Crippen molar-refractivity contribution in [1.29, 1.82) is 0 Å². The van der Waals surface area contributed by atoms with Crippen molar-refractivity contribution in [2.24, 2.45) is 0 Å². The molecule has 0 aromatic heterocycles. The lowest BCUT2D eigenvalue weighted by atomic mass is 9.99. The lowest BCUT2D eigenvalue weighted by Gasteiger charge is -2.17. The van der Waals surface area contributed by atoms with E-state index in [2.05, 4.69) is 6.58 Å². The van der Waals surface area contributed by atoms with E-state index in [4.69, 9.17) is 9.47 Å². The number of phenols is 1. The van der Waals surface area contributed by atoms with Gasteiger partial charge in [0, 0.05) is 18.7 Å². The van der Waals surface area contributed by atoms with Crippen LogP contribution in [0.5, 0.6) is 11.5 Å². The van der Waals surface area contributed by atoms with Crippen molar-refractivity contribution >= 4 is 5.78 Å². The Morgan fingerprint density at radius 1 is 1.44 bits per heavy atom. The summed E-state index contributed by atoms with van der Waals surface area (Å²) in [6.07, 6.45) is -0.581. The van der Waals surface area contributed by atoms with Crippen LogP contribution in [0.4, 0.5) is 0 Å². The van der Waals surface area contributed by atoms with Crippen molar-refractivity contribution in [2.75, 3.05) is 7.11 Å². The minimum absolute atomic E-state index is 0.0709. The highest BCUT2D eigenvalue weighted by atomic mass is 16.5. The maximum atomic E-state index is 11.4. The molecule has 1 aliphatic rings. The molecule has 1 aromatic carbocycles. The monoisotopic (exact) mass is 248 g/mol. The first-order valence-electron chi connectivity index (χ1n) is 5.68. The molecule has 0 bridgehead atoms. The highest BCUT2D eigenvalue weighted by Crippen LogP contribution is 2.43. The van der Waals surface area contributed by atoms with Crippen LogP contribution in [0, 0.1) is 0 Å². The summed E-state index contributed by atoms with van der Waals surface area (Å²) in [6.45, 7) is 7.13. The third-order valence-corrected chi connectivity index (χ3v) is 3.08. The topological polar surface area (TPSA) is 55.8 Å². The molecule has 4 heteroatoms. The fourth-order valence-corrected chi connectivity index (χ4v) is 2.16. The van der Waals surface area contributed by atoms with E-state index in [9.17, 15) is 9.90 Å². The summed E-state index contributed by atoms with van der Waals surface area (Å²) in [5, 5.41) is 9.76. The Balaban J connectivity index is 2.52. The first-order valence-corrected chi connectivity index (χ1v) is 5.68. The largest absolute Gasteiger partial charge is 0.507 e. The lowest BCUT2D eigenvalue weighted by molar-refractivity contribution is 0.0445. The molecule has 0 spiro atoms. The average molecular weight is 248 g/mol. The number of hydrogen-bond donors (Lipinski definition) is 1. The number of benzene rings is 1. The van der Waals surface area contributed by atoms with Crippen molar-refractivity contribution in [3.05, 3.63) is 35.4 Å². The molecular formula is C14H16O4. The second-order valence-electron chi connectivity index (χ2n) is 4.50. The minimum Gasteiger partial charge on any atom is -0.507 e. The predicted molar refractivity (Wildman–Crippen MR) is 67.1 cm³/mol. The van der Waals surface area contributed by atoms with E-state index in [0.717, 1.165) is 11.1 Å². The van der Waals surface area contributed by atoms with Gasteiger partial charge < -0.3 is 14.6 Å². The summed E-state index contributed by atoms with van der Waals surface area (Å²) in [5.74, 6) is 0.278. The zero-order chi connectivity index (χ0) is 13.4. The van der Waals surface area contributed by atoms with Gasteiger partial charge in [-0.3, -0.25) is 4.79 Å². The van der Waals surface area contributed by atoms with Gasteiger partial charge in [0.2, 0.25) is 0 Å². The molecule has 2 rings (SSSR count). The quantitative estimate of drug-likeness (QED) is 0.660. The number of carbonyl (C=O) groups excluding carboxylic acids is 1. The maximum absolute atomic E-state index is 11.4. The van der Waals surface area contributed by atoms with Gasteiger partial charge in [0.15, 0.2) is 5.78 Å². The fraction of sp³-hybridized carbons (Fsp3) is 0.357. The van der Waals surface area contributed by atoms with Crippen LogP contribution in [0.25, 0.3) is 0 Å². The van der Waals surface area contributed by atoms with Gasteiger partial charge in [0.05, 0.1) is 5.56 Å². The molecule has 1 aromatic rings. The molecule has 0 aliphatic carbocycles. The van der Waals surface area contributed by atoms with Gasteiger partial charge in [-0.25, -0.2) is 0 Å². The SMILES string of the molecule is C=C(C)[C@@H]1Oc2cc(O)c(C(C)=O)cc2[C@H]1OC. The summed E-state index contributed by atoms with van der Waals surface area (Å²) >= 11 is 0. The van der Waals surface area contributed by atoms with Crippen LogP contribution in [0.2, 0.25) is 0 Å². The average Bonchev–Trinajstić information content (AvgIpc) is 2.65. The van der Waals surface area contributed by atoms with E-state index in [1.165, 1.54) is 13.0 Å². The summed E-state index contributed by atoms with van der Waals surface area (Å²) in [6, 6.07) is 3.09. The number of rotatable bonds is 3. The molecule has 4 nitrogen and oxygen atoms in total. The zero-order valence-electron chi connectivity index (χ0n) is 10.7. The molecule has 18 heavy (non-hydrogen) atoms. The molecule has 0 amide bonds. The molecular weight excluding hydrogens is 232 g/mol. The number of phenolic OH excluding ortho intramolecular Hbond substituents is 1. The van der Waals surface area contributed by atoms with Crippen LogP contribution in [0.3, 0.4) is 0 Å². The van der Waals surface area contributed by atoms with Gasteiger partial charge in [-0.05, 0) is 25.5 Å². The summed E-state index contributed by atoms with van der Waals surface area (Å²) in [4.78, 5) is 11.4. The highest BCUT2D eigenvalue weighted by Gasteiger charge is 2.36. The zero-order valence-corrected chi connectivity index (χ0v) is 10.7. The van der Waals surface area contributed by atoms with Gasteiger partial charge in [-0.2, -0.15) is 0 Å². The number of carbonyl (C=O) groups is 1. The summed E-state index contributed by atoms with van der Waals surface area (Å²) in [5.41, 5.74) is 1.89. The highest BCUT2D eigenvalue weighted by molar-refractivity contribution is 5.97. The van der Waals surface area contributed by atoms with Crippen molar-refractivity contribution in [2.45, 2.75) is 26.1 Å². The molecule has 0 unspecified atom stereocenters. The number of ketones is 1. The van der Waals surface area contributed by atoms with Crippen LogP contribution in [-0.2, 0) is 4.74 Å². The van der Waals surface area contributed by atoms with Gasteiger partial charge in [-0.1, -0.05) is 6.58 Å². The van der Waals surface area contributed by atoms with E-state index in [-0.39, 0.29) is 29.3 Å². The van der Waals surface area contributed by atoms with E-state index < -0.39 is 0 Å². The number of methoxy groups -OCH3 is 1. The number of aromatic hydroxyl groups is 1. The molecule has 96 valence electrons. The number of hydrogen-bond acceptors (Lipinski definition) is 4. The van der Waals surface area contributed by atoms with Gasteiger partial charge in [-0.15, -0.1) is 0 Å². The third kappa shape index (κ3) is 1.88. The Morgan fingerprint density at radius 3 is 2.61 bits per heavy atom. The van der Waals surface area contributed by atoms with Crippen LogP contribution in [-0.4, -0.2) is 24.1 Å². The second-order valence-corrected chi connectivity index (χ2v) is 4.50. The fourth-order valence-electron chi connectivity index (χ4n) is 2.16. The Bertz CT molecular complexity index is 519. The van der Waals surface area contributed by atoms with Crippen LogP contribution in [0.1, 0.15) is 35.9 Å². The van der Waals surface area contributed by atoms with Crippen molar-refractivity contribution < 1.29 is 19.4 Å². The van der Waals surface area contributed by atoms with Gasteiger partial charge in [0.25, 0.3) is 0 Å². The van der Waals surface area contributed by atoms with E-state index >= 15 is 0 Å². The van der Waals surface area contributed by atoms with Crippen LogP contribution in [0.15, 0.2) is 24.3 Å². The molecule has 2 atom stereocenters. The number of fused-ring (bicyclic) bond motifs is 1. The Morgan fingerprint density at radius 2 is 2.11 bits per heavy atom. The Hall–Kier alpha value is -1.81. The molecule has 0 saturated carbocycles. The second kappa shape index (κ2) is 4.46. The normalized spacial score (nSPS) is 21.3. The lowest BCUT2D eigenvalue weighted by Crippen LogP contribution is -2.20. The van der Waals surface area contributed by atoms with Crippen LogP contribution < -0.4 is 4.74 Å². The number of ether oxygens (including phenoxy) is 2. The Kier molecular flexibility index (Phi) is 3.13. The van der Waals surface area contributed by atoms with E-state index in [1.54, 1.807) is 13.2 Å². The van der Waals surface area contributed by atoms with Crippen molar-refractivity contribution in [1.82, 2.24) is 0 Å². The summed E-state index contributed by atoms with van der Waals surface area (Å²) < 4.78 is 11.1. The smallest absolute Gasteiger partial charge is 0.163 e. The van der Waals surface area contributed by atoms with Crippen molar-refractivity contribution in [3.63, 3.8) is 0 Å². The van der Waals surface area contributed by atoms with Gasteiger partial charge >= 0.3 is 0 Å². The minimum atomic E-state index is -0.295. The molecule has 0 saturated heterocycles. The van der Waals surface area contributed by atoms with Crippen molar-refractivity contribution in [3.8, 4) is 11.5 Å². The third-order valence-electron chi connectivity index (χ3n) is 3.08. The first kappa shape index (κ1) is 12.6. The van der Waals surface area contributed by atoms with Gasteiger partial charge in [0.1, 0.15) is 23.7 Å². The maximum Gasteiger partial charge on any atom is 0.163 e. The molecule has 1 heterocycles. The molecule has 1 aliphatic heterocycles. The molecule has 0 fully saturated rings. The molecule has 1 N–H and O–H groups in total. The van der Waals surface area contributed by atoms with E-state index in [0.29, 0.717) is 5.75 Å². The standard InChI is InChI=1S/C14H16O4/c1-7(2)13-14(17-4)10-5-9(8(3)15)11(16)6-12(10)18-13/h5-6,13-14,16H,1H2,2-4H3/t13-,14+/m0/s1. The first-order chi connectivity index (χ1) is 8.45. The predicted octanol–water partition coefficient (Wildman–Crippen LogP) is 2.62. The molecule has 0 radical (unpaired) electrons. The van der Waals surface area contributed by atoms with Crippen LogP contribution >= 0.6 is 0 Å².